The van der Waals surface area contributed by atoms with Gasteiger partial charge in [-0.2, -0.15) is 0 Å². The summed E-state index contributed by atoms with van der Waals surface area (Å²) in [4.78, 5) is 2.46. The molecular weight excluding hydrogens is 188 g/mol. The molecule has 0 aromatic heterocycles. The second-order valence-electron chi connectivity index (χ2n) is 4.91. The number of ether oxygens (including phenoxy) is 1. The van der Waals surface area contributed by atoms with Crippen LogP contribution in [0.5, 0.6) is 0 Å². The quantitative estimate of drug-likeness (QED) is 0.699. The van der Waals surface area contributed by atoms with Crippen molar-refractivity contribution >= 4 is 0 Å². The van der Waals surface area contributed by atoms with Gasteiger partial charge in [0.1, 0.15) is 0 Å². The van der Waals surface area contributed by atoms with Gasteiger partial charge in [0.05, 0.1) is 0 Å². The lowest BCUT2D eigenvalue weighted by Gasteiger charge is -2.40. The molecule has 1 fully saturated rings. The molecule has 1 rings (SSSR count). The average molecular weight is 214 g/mol. The predicted octanol–water partition coefficient (Wildman–Crippen LogP) is 1.34. The standard InChI is InChI=1S/C12H26N2O/c1-10-9-14(3)11(2)8-12(10)13-6-5-7-15-4/h10-13H,5-9H2,1-4H3/t10-,11+,12+/m0/s1. The van der Waals surface area contributed by atoms with E-state index in [9.17, 15) is 0 Å². The number of hydrogen-bond donors (Lipinski definition) is 1. The summed E-state index contributed by atoms with van der Waals surface area (Å²) in [5, 5.41) is 3.65. The first-order chi connectivity index (χ1) is 7.15. The Bertz CT molecular complexity index is 175. The number of likely N-dealkylation sites (tertiary alicyclic amines) is 1. The fraction of sp³-hybridized carbons (Fsp3) is 1.00. The Hall–Kier alpha value is -0.120. The monoisotopic (exact) mass is 214 g/mol. The van der Waals surface area contributed by atoms with Crippen LogP contribution < -0.4 is 5.32 Å². The number of rotatable bonds is 5. The van der Waals surface area contributed by atoms with Crippen molar-refractivity contribution in [3.63, 3.8) is 0 Å². The third kappa shape index (κ3) is 4.09. The van der Waals surface area contributed by atoms with E-state index in [1.54, 1.807) is 7.11 Å². The van der Waals surface area contributed by atoms with Crippen LogP contribution in [0.4, 0.5) is 0 Å². The Morgan fingerprint density at radius 3 is 2.80 bits per heavy atom. The van der Waals surface area contributed by atoms with Gasteiger partial charge < -0.3 is 15.0 Å². The summed E-state index contributed by atoms with van der Waals surface area (Å²) >= 11 is 0. The molecule has 1 heterocycles. The predicted molar refractivity (Wildman–Crippen MR) is 64.2 cm³/mol. The third-order valence-corrected chi connectivity index (χ3v) is 3.54. The van der Waals surface area contributed by atoms with Crippen molar-refractivity contribution in [1.29, 1.82) is 0 Å². The summed E-state index contributed by atoms with van der Waals surface area (Å²) in [6.45, 7) is 7.82. The normalized spacial score (nSPS) is 33.2. The number of hydrogen-bond acceptors (Lipinski definition) is 3. The van der Waals surface area contributed by atoms with Gasteiger partial charge in [0.2, 0.25) is 0 Å². The van der Waals surface area contributed by atoms with E-state index >= 15 is 0 Å². The van der Waals surface area contributed by atoms with Gasteiger partial charge in [-0.3, -0.25) is 0 Å². The van der Waals surface area contributed by atoms with Gasteiger partial charge in [-0.25, -0.2) is 0 Å². The van der Waals surface area contributed by atoms with Gasteiger partial charge in [0.15, 0.2) is 0 Å². The van der Waals surface area contributed by atoms with E-state index in [0.29, 0.717) is 12.1 Å². The zero-order valence-corrected chi connectivity index (χ0v) is 10.6. The van der Waals surface area contributed by atoms with Crippen LogP contribution in [0.15, 0.2) is 0 Å². The van der Waals surface area contributed by atoms with E-state index < -0.39 is 0 Å². The lowest BCUT2D eigenvalue weighted by atomic mass is 9.90. The van der Waals surface area contributed by atoms with Crippen LogP contribution in [0.25, 0.3) is 0 Å². The second-order valence-corrected chi connectivity index (χ2v) is 4.91. The molecular formula is C12H26N2O. The number of piperidine rings is 1. The first-order valence-electron chi connectivity index (χ1n) is 6.07. The van der Waals surface area contributed by atoms with Crippen molar-refractivity contribution in [2.24, 2.45) is 5.92 Å². The van der Waals surface area contributed by atoms with Gasteiger partial charge in [-0.1, -0.05) is 6.92 Å². The zero-order chi connectivity index (χ0) is 11.3. The van der Waals surface area contributed by atoms with Crippen LogP contribution >= 0.6 is 0 Å². The summed E-state index contributed by atoms with van der Waals surface area (Å²) in [6.07, 6.45) is 2.38. The minimum absolute atomic E-state index is 0.688. The molecule has 0 aromatic carbocycles. The zero-order valence-electron chi connectivity index (χ0n) is 10.6. The van der Waals surface area contributed by atoms with E-state index in [-0.39, 0.29) is 0 Å². The minimum atomic E-state index is 0.688. The van der Waals surface area contributed by atoms with Crippen LogP contribution in [-0.4, -0.2) is 50.8 Å². The fourth-order valence-corrected chi connectivity index (χ4v) is 2.33. The fourth-order valence-electron chi connectivity index (χ4n) is 2.33. The lowest BCUT2D eigenvalue weighted by Crippen LogP contribution is -2.51. The smallest absolute Gasteiger partial charge is 0.0474 e. The second kappa shape index (κ2) is 6.46. The molecule has 15 heavy (non-hydrogen) atoms. The summed E-state index contributed by atoms with van der Waals surface area (Å²) in [5.41, 5.74) is 0. The van der Waals surface area contributed by atoms with Gasteiger partial charge in [0.25, 0.3) is 0 Å². The molecule has 1 aliphatic heterocycles. The molecule has 3 atom stereocenters. The van der Waals surface area contributed by atoms with E-state index in [1.165, 1.54) is 13.0 Å². The Kier molecular flexibility index (Phi) is 5.58. The largest absolute Gasteiger partial charge is 0.385 e. The van der Waals surface area contributed by atoms with Gasteiger partial charge in [-0.05, 0) is 39.3 Å². The summed E-state index contributed by atoms with van der Waals surface area (Å²) in [7, 11) is 3.99. The van der Waals surface area contributed by atoms with Crippen molar-refractivity contribution in [3.05, 3.63) is 0 Å². The van der Waals surface area contributed by atoms with Gasteiger partial charge in [0, 0.05) is 32.3 Å². The number of nitrogens with zero attached hydrogens (tertiary/aromatic N) is 1. The SMILES string of the molecule is COCCCN[C@@H]1C[C@@H](C)N(C)C[C@@H]1C. The molecule has 3 heteroatoms. The van der Waals surface area contributed by atoms with Gasteiger partial charge >= 0.3 is 0 Å². The Morgan fingerprint density at radius 1 is 1.40 bits per heavy atom. The Labute approximate surface area is 94.2 Å². The maximum absolute atomic E-state index is 5.05. The maximum atomic E-state index is 5.05. The minimum Gasteiger partial charge on any atom is -0.385 e. The van der Waals surface area contributed by atoms with Crippen LogP contribution in [0.3, 0.4) is 0 Å². The van der Waals surface area contributed by atoms with Crippen molar-refractivity contribution in [2.75, 3.05) is 33.9 Å². The molecule has 0 aliphatic carbocycles. The molecule has 0 aromatic rings. The van der Waals surface area contributed by atoms with E-state index in [1.807, 2.05) is 0 Å². The Morgan fingerprint density at radius 2 is 2.13 bits per heavy atom. The van der Waals surface area contributed by atoms with Crippen LogP contribution in [-0.2, 0) is 4.74 Å². The average Bonchev–Trinajstić information content (AvgIpc) is 2.20. The van der Waals surface area contributed by atoms with E-state index in [4.69, 9.17) is 4.74 Å². The van der Waals surface area contributed by atoms with Crippen molar-refractivity contribution in [1.82, 2.24) is 10.2 Å². The summed E-state index contributed by atoms with van der Waals surface area (Å²) in [6, 6.07) is 1.40. The third-order valence-electron chi connectivity index (χ3n) is 3.54. The topological polar surface area (TPSA) is 24.5 Å². The highest BCUT2D eigenvalue weighted by molar-refractivity contribution is 4.85. The summed E-state index contributed by atoms with van der Waals surface area (Å²) in [5.74, 6) is 0.758. The molecule has 1 saturated heterocycles. The first-order valence-corrected chi connectivity index (χ1v) is 6.07. The van der Waals surface area contributed by atoms with Crippen LogP contribution in [0.2, 0.25) is 0 Å². The number of nitrogens with one attached hydrogen (secondary N) is 1. The van der Waals surface area contributed by atoms with Crippen molar-refractivity contribution < 1.29 is 4.74 Å². The molecule has 0 radical (unpaired) electrons. The highest BCUT2D eigenvalue weighted by Crippen LogP contribution is 2.20. The first kappa shape index (κ1) is 12.9. The number of methoxy groups -OCH3 is 1. The Balaban J connectivity index is 2.22. The molecule has 1 aliphatic rings. The highest BCUT2D eigenvalue weighted by atomic mass is 16.5. The molecule has 0 unspecified atom stereocenters. The van der Waals surface area contributed by atoms with Crippen molar-refractivity contribution in [3.8, 4) is 0 Å². The molecule has 0 spiro atoms. The molecule has 90 valence electrons. The highest BCUT2D eigenvalue weighted by Gasteiger charge is 2.27. The molecule has 0 saturated carbocycles. The molecule has 3 nitrogen and oxygen atoms in total. The maximum Gasteiger partial charge on any atom is 0.0474 e. The molecule has 0 amide bonds. The van der Waals surface area contributed by atoms with Gasteiger partial charge in [-0.15, -0.1) is 0 Å². The van der Waals surface area contributed by atoms with Crippen LogP contribution in [0.1, 0.15) is 26.7 Å². The van der Waals surface area contributed by atoms with E-state index in [2.05, 4.69) is 31.1 Å². The molecule has 1 N–H and O–H groups in total. The van der Waals surface area contributed by atoms with Crippen molar-refractivity contribution in [2.45, 2.75) is 38.8 Å². The van der Waals surface area contributed by atoms with E-state index in [0.717, 1.165) is 25.5 Å². The molecule has 0 bridgehead atoms. The lowest BCUT2D eigenvalue weighted by molar-refractivity contribution is 0.119. The van der Waals surface area contributed by atoms with Crippen LogP contribution in [0, 0.1) is 5.92 Å². The summed E-state index contributed by atoms with van der Waals surface area (Å²) < 4.78 is 5.05.